The highest BCUT2D eigenvalue weighted by atomic mass is 35.5. The minimum atomic E-state index is -4.95. The fraction of sp³-hybridized carbons (Fsp3) is 0.571. The lowest BCUT2D eigenvalue weighted by atomic mass is 9.46. The number of halogens is 1. The molecule has 1 aromatic rings. The molecule has 4 bridgehead atoms. The van der Waals surface area contributed by atoms with Gasteiger partial charge in [0, 0.05) is 23.5 Å². The van der Waals surface area contributed by atoms with Crippen LogP contribution in [0.5, 0.6) is 5.75 Å². The van der Waals surface area contributed by atoms with Crippen LogP contribution in [0.2, 0.25) is 0 Å². The molecular weight excluding hydrogens is 463 g/mol. The maximum atomic E-state index is 11.5. The number of methoxy groups -OCH3 is 1. The maximum absolute atomic E-state index is 11.5. The number of hydrogen-bond donors (Lipinski definition) is 3. The van der Waals surface area contributed by atoms with E-state index >= 15 is 0 Å². The van der Waals surface area contributed by atoms with Gasteiger partial charge in [0.05, 0.1) is 5.56 Å². The van der Waals surface area contributed by atoms with Gasteiger partial charge >= 0.3 is 13.8 Å². The van der Waals surface area contributed by atoms with Crippen molar-refractivity contribution in [3.63, 3.8) is 0 Å². The van der Waals surface area contributed by atoms with Gasteiger partial charge in [0.2, 0.25) is 0 Å². The average molecular weight is 485 g/mol. The molecule has 172 valence electrons. The summed E-state index contributed by atoms with van der Waals surface area (Å²) >= 11 is 6.89. The van der Waals surface area contributed by atoms with Crippen molar-refractivity contribution in [1.29, 1.82) is 0 Å². The topological polar surface area (TPSA) is 132 Å². The lowest BCUT2D eigenvalue weighted by Crippen LogP contribution is -2.78. The quantitative estimate of drug-likeness (QED) is 0.255. The van der Waals surface area contributed by atoms with Gasteiger partial charge in [-0.25, -0.2) is 14.2 Å². The summed E-state index contributed by atoms with van der Waals surface area (Å²) in [6.07, 6.45) is 4.41. The van der Waals surface area contributed by atoms with Crippen LogP contribution in [-0.4, -0.2) is 38.4 Å². The first kappa shape index (κ1) is 22.2. The van der Waals surface area contributed by atoms with E-state index in [1.165, 1.54) is 19.2 Å². The second-order valence-corrected chi connectivity index (χ2v) is 11.1. The molecule has 4 saturated carbocycles. The molecule has 11 heteroatoms. The van der Waals surface area contributed by atoms with Gasteiger partial charge in [-0.15, -0.1) is 11.6 Å². The standard InChI is InChI=1S/C21H22ClO9P/c1-28-21(14-4-2-13(3-5-18(23)24)17(8-14)29-32(25,26)27)20(30-31-21)15-6-12-7-16(20)11-19(22,9-12)10-15/h2,4,8,12,15-16H,6-7,9-11H2,1H3,(H,23,24)(H2,25,26,27). The number of aliphatic carboxylic acids is 1. The summed E-state index contributed by atoms with van der Waals surface area (Å²) < 4.78 is 22.3. The number of ether oxygens (including phenoxy) is 1. The van der Waals surface area contributed by atoms with Crippen LogP contribution in [0.25, 0.3) is 0 Å². The van der Waals surface area contributed by atoms with E-state index in [0.29, 0.717) is 11.5 Å². The normalized spacial score (nSPS) is 39.3. The highest BCUT2D eigenvalue weighted by molar-refractivity contribution is 7.46. The first-order valence-electron chi connectivity index (χ1n) is 10.3. The van der Waals surface area contributed by atoms with Gasteiger partial charge in [0.25, 0.3) is 5.79 Å². The van der Waals surface area contributed by atoms with Gasteiger partial charge in [-0.3, -0.25) is 9.79 Å². The van der Waals surface area contributed by atoms with Gasteiger partial charge in [0.15, 0.2) is 5.60 Å². The van der Waals surface area contributed by atoms with Crippen LogP contribution in [0.15, 0.2) is 18.2 Å². The van der Waals surface area contributed by atoms with Gasteiger partial charge in [0.1, 0.15) is 5.75 Å². The van der Waals surface area contributed by atoms with E-state index in [1.54, 1.807) is 6.07 Å². The Bertz CT molecular complexity index is 1070. The molecule has 1 aliphatic heterocycles. The van der Waals surface area contributed by atoms with E-state index in [0.717, 1.165) is 32.1 Å². The van der Waals surface area contributed by atoms with E-state index in [9.17, 15) is 19.1 Å². The molecule has 3 N–H and O–H groups in total. The number of benzene rings is 1. The van der Waals surface area contributed by atoms with E-state index in [1.807, 2.05) is 5.92 Å². The molecule has 1 aromatic carbocycles. The molecule has 32 heavy (non-hydrogen) atoms. The predicted octanol–water partition coefficient (Wildman–Crippen LogP) is 2.91. The first-order chi connectivity index (χ1) is 15.0. The molecule has 5 fully saturated rings. The summed E-state index contributed by atoms with van der Waals surface area (Å²) in [6, 6.07) is 4.40. The molecular formula is C21H22ClO9P. The van der Waals surface area contributed by atoms with E-state index in [4.69, 9.17) is 35.7 Å². The van der Waals surface area contributed by atoms with Crippen LogP contribution in [0.4, 0.5) is 0 Å². The maximum Gasteiger partial charge on any atom is 0.524 e. The van der Waals surface area contributed by atoms with Crippen LogP contribution in [0.1, 0.15) is 43.2 Å². The van der Waals surface area contributed by atoms with Crippen molar-refractivity contribution in [2.75, 3.05) is 7.11 Å². The highest BCUT2D eigenvalue weighted by Gasteiger charge is 2.78. The second kappa shape index (κ2) is 7.18. The van der Waals surface area contributed by atoms with Crippen molar-refractivity contribution >= 4 is 25.4 Å². The van der Waals surface area contributed by atoms with Crippen molar-refractivity contribution in [3.8, 4) is 17.6 Å². The molecule has 0 radical (unpaired) electrons. The number of carbonyl (C=O) groups is 1. The fourth-order valence-corrected chi connectivity index (χ4v) is 7.50. The third kappa shape index (κ3) is 3.21. The van der Waals surface area contributed by atoms with Crippen LogP contribution < -0.4 is 4.52 Å². The predicted molar refractivity (Wildman–Crippen MR) is 109 cm³/mol. The lowest BCUT2D eigenvalue weighted by Gasteiger charge is -2.70. The summed E-state index contributed by atoms with van der Waals surface area (Å²) in [5.74, 6) is 2.00. The van der Waals surface area contributed by atoms with Crippen LogP contribution in [0.3, 0.4) is 0 Å². The number of rotatable bonds is 4. The van der Waals surface area contributed by atoms with Crippen molar-refractivity contribution in [2.24, 2.45) is 17.8 Å². The first-order valence-corrected chi connectivity index (χ1v) is 12.2. The molecule has 6 rings (SSSR count). The number of alkyl halides is 1. The number of hydrogen-bond acceptors (Lipinski definition) is 6. The Balaban J connectivity index is 1.59. The molecule has 0 aromatic heterocycles. The molecule has 9 nitrogen and oxygen atoms in total. The zero-order valence-electron chi connectivity index (χ0n) is 17.1. The van der Waals surface area contributed by atoms with Gasteiger partial charge in [-0.2, -0.15) is 4.89 Å². The fourth-order valence-electron chi connectivity index (χ4n) is 6.50. The molecule has 1 spiro atoms. The highest BCUT2D eigenvalue weighted by Crippen LogP contribution is 2.71. The third-order valence-electron chi connectivity index (χ3n) is 7.31. The smallest absolute Gasteiger partial charge is 0.472 e. The van der Waals surface area contributed by atoms with E-state index < -0.39 is 25.2 Å². The summed E-state index contributed by atoms with van der Waals surface area (Å²) in [6.45, 7) is 0. The molecule has 1 saturated heterocycles. The van der Waals surface area contributed by atoms with Crippen molar-refractivity contribution in [3.05, 3.63) is 29.3 Å². The molecule has 0 amide bonds. The summed E-state index contributed by atoms with van der Waals surface area (Å²) in [5.41, 5.74) is -0.346. The van der Waals surface area contributed by atoms with Crippen molar-refractivity contribution < 1.29 is 43.3 Å². The Morgan fingerprint density at radius 2 is 1.91 bits per heavy atom. The SMILES string of the molecule is COC1(c2ccc(C#CC(=O)O)c(OP(=O)(O)O)c2)OOC12C1CC3CC2CC(Cl)(C3)C1. The summed E-state index contributed by atoms with van der Waals surface area (Å²) in [7, 11) is -3.46. The average Bonchev–Trinajstić information content (AvgIpc) is 2.64. The number of carboxylic acid groups (broad SMARTS) is 1. The Labute approximate surface area is 189 Å². The van der Waals surface area contributed by atoms with Crippen molar-refractivity contribution in [2.45, 2.75) is 48.4 Å². The van der Waals surface area contributed by atoms with E-state index in [-0.39, 0.29) is 28.0 Å². The summed E-state index contributed by atoms with van der Waals surface area (Å²) in [5, 5.41) is 8.84. The zero-order chi connectivity index (χ0) is 22.9. The third-order valence-corrected chi connectivity index (χ3v) is 8.21. The van der Waals surface area contributed by atoms with E-state index in [2.05, 4.69) is 5.92 Å². The van der Waals surface area contributed by atoms with Crippen LogP contribution >= 0.6 is 19.4 Å². The molecule has 3 atom stereocenters. The van der Waals surface area contributed by atoms with Gasteiger partial charge in [-0.05, 0) is 62.0 Å². The molecule has 3 unspecified atom stereocenters. The van der Waals surface area contributed by atoms with Gasteiger partial charge in [-0.1, -0.05) is 12.0 Å². The van der Waals surface area contributed by atoms with Crippen molar-refractivity contribution in [1.82, 2.24) is 0 Å². The Morgan fingerprint density at radius 3 is 2.41 bits per heavy atom. The van der Waals surface area contributed by atoms with Crippen LogP contribution in [0, 0.1) is 29.6 Å². The minimum Gasteiger partial charge on any atom is -0.472 e. The number of phosphoric ester groups is 1. The van der Waals surface area contributed by atoms with Crippen LogP contribution in [-0.2, 0) is 29.7 Å². The monoisotopic (exact) mass is 484 g/mol. The largest absolute Gasteiger partial charge is 0.524 e. The Morgan fingerprint density at radius 1 is 1.22 bits per heavy atom. The summed E-state index contributed by atoms with van der Waals surface area (Å²) in [4.78, 5) is 40.8. The molecule has 1 heterocycles. The molecule has 5 aliphatic rings. The number of phosphoric acid groups is 1. The minimum absolute atomic E-state index is 0.00446. The van der Waals surface area contributed by atoms with Gasteiger partial charge < -0.3 is 14.4 Å². The molecule has 4 aliphatic carbocycles. The lowest BCUT2D eigenvalue weighted by molar-refractivity contribution is -0.645. The Kier molecular flexibility index (Phi) is 4.98. The Hall–Kier alpha value is -1.63. The zero-order valence-corrected chi connectivity index (χ0v) is 18.8. The second-order valence-electron chi connectivity index (χ2n) is 9.12. The number of carboxylic acids is 1.